The van der Waals surface area contributed by atoms with Gasteiger partial charge in [0.2, 0.25) is 5.91 Å². The van der Waals surface area contributed by atoms with Crippen molar-refractivity contribution >= 4 is 21.8 Å². The van der Waals surface area contributed by atoms with Crippen LogP contribution in [0.5, 0.6) is 0 Å². The number of carbonyl (C=O) groups is 1. The second kappa shape index (κ2) is 7.36. The van der Waals surface area contributed by atoms with Crippen molar-refractivity contribution in [3.8, 4) is 0 Å². The Kier molecular flexibility index (Phi) is 5.51. The normalized spacial score (nSPS) is 10.4. The van der Waals surface area contributed by atoms with Crippen molar-refractivity contribution in [3.05, 3.63) is 69.9 Å². The number of benzene rings is 2. The Morgan fingerprint density at radius 1 is 1.14 bits per heavy atom. The zero-order valence-corrected chi connectivity index (χ0v) is 13.4. The first-order chi connectivity index (χ1) is 10.1. The second-order valence-electron chi connectivity index (χ2n) is 4.97. The van der Waals surface area contributed by atoms with Crippen LogP contribution in [0, 0.1) is 5.82 Å². The van der Waals surface area contributed by atoms with Gasteiger partial charge in [0.25, 0.3) is 0 Å². The van der Waals surface area contributed by atoms with Crippen molar-refractivity contribution in [1.29, 1.82) is 0 Å². The van der Waals surface area contributed by atoms with Gasteiger partial charge in [0.1, 0.15) is 5.82 Å². The first kappa shape index (κ1) is 15.7. The number of rotatable bonds is 5. The molecular weight excluding hydrogens is 333 g/mol. The maximum atomic E-state index is 12.8. The smallest absolute Gasteiger partial charge is 0.222 e. The van der Waals surface area contributed by atoms with Crippen LogP contribution in [0.25, 0.3) is 0 Å². The van der Waals surface area contributed by atoms with Crippen LogP contribution in [-0.2, 0) is 17.8 Å². The molecule has 2 aromatic carbocycles. The minimum atomic E-state index is -0.254. The van der Waals surface area contributed by atoms with E-state index < -0.39 is 0 Å². The van der Waals surface area contributed by atoms with E-state index in [1.165, 1.54) is 12.1 Å². The molecule has 0 aliphatic carbocycles. The lowest BCUT2D eigenvalue weighted by Crippen LogP contribution is -2.26. The molecule has 0 radical (unpaired) electrons. The summed E-state index contributed by atoms with van der Waals surface area (Å²) >= 11 is 3.48. The average molecular weight is 350 g/mol. The summed E-state index contributed by atoms with van der Waals surface area (Å²) < 4.78 is 13.8. The SMILES string of the molecule is CN(Cc1ccccc1Br)C(=O)CCc1ccc(F)cc1. The Bertz CT molecular complexity index is 612. The summed E-state index contributed by atoms with van der Waals surface area (Å²) in [6.45, 7) is 0.573. The molecule has 0 bridgehead atoms. The Morgan fingerprint density at radius 3 is 2.48 bits per heavy atom. The molecule has 2 rings (SSSR count). The van der Waals surface area contributed by atoms with E-state index in [4.69, 9.17) is 0 Å². The van der Waals surface area contributed by atoms with Crippen molar-refractivity contribution in [1.82, 2.24) is 4.90 Å². The summed E-state index contributed by atoms with van der Waals surface area (Å²) in [7, 11) is 1.80. The lowest BCUT2D eigenvalue weighted by Gasteiger charge is -2.18. The Morgan fingerprint density at radius 2 is 1.81 bits per heavy atom. The van der Waals surface area contributed by atoms with Gasteiger partial charge in [0, 0.05) is 24.5 Å². The van der Waals surface area contributed by atoms with E-state index in [1.807, 2.05) is 24.3 Å². The average Bonchev–Trinajstić information content (AvgIpc) is 2.48. The molecule has 2 nitrogen and oxygen atoms in total. The predicted octanol–water partition coefficient (Wildman–Crippen LogP) is 4.18. The topological polar surface area (TPSA) is 20.3 Å². The molecule has 0 spiro atoms. The molecule has 0 atom stereocenters. The Balaban J connectivity index is 1.88. The van der Waals surface area contributed by atoms with Crippen molar-refractivity contribution < 1.29 is 9.18 Å². The van der Waals surface area contributed by atoms with Gasteiger partial charge in [-0.1, -0.05) is 46.3 Å². The molecule has 0 aliphatic rings. The molecule has 0 aromatic heterocycles. The van der Waals surface area contributed by atoms with Crippen LogP contribution in [0.1, 0.15) is 17.5 Å². The van der Waals surface area contributed by atoms with E-state index in [1.54, 1.807) is 24.1 Å². The minimum Gasteiger partial charge on any atom is -0.341 e. The van der Waals surface area contributed by atoms with Gasteiger partial charge in [-0.2, -0.15) is 0 Å². The fourth-order valence-electron chi connectivity index (χ4n) is 2.06. The number of halogens is 2. The third kappa shape index (κ3) is 4.67. The van der Waals surface area contributed by atoms with Gasteiger partial charge in [-0.3, -0.25) is 4.79 Å². The quantitative estimate of drug-likeness (QED) is 0.792. The lowest BCUT2D eigenvalue weighted by molar-refractivity contribution is -0.130. The summed E-state index contributed by atoms with van der Waals surface area (Å²) in [5, 5.41) is 0. The molecule has 2 aromatic rings. The summed E-state index contributed by atoms with van der Waals surface area (Å²) in [5.41, 5.74) is 2.05. The van der Waals surface area contributed by atoms with Gasteiger partial charge in [-0.25, -0.2) is 4.39 Å². The standard InChI is InChI=1S/C17H17BrFNO/c1-20(12-14-4-2-3-5-16(14)18)17(21)11-8-13-6-9-15(19)10-7-13/h2-7,9-10H,8,11-12H2,1H3. The van der Waals surface area contributed by atoms with E-state index in [0.29, 0.717) is 19.4 Å². The summed E-state index contributed by atoms with van der Waals surface area (Å²) in [6.07, 6.45) is 1.05. The predicted molar refractivity (Wildman–Crippen MR) is 85.3 cm³/mol. The van der Waals surface area contributed by atoms with Gasteiger partial charge in [-0.15, -0.1) is 0 Å². The highest BCUT2D eigenvalue weighted by molar-refractivity contribution is 9.10. The van der Waals surface area contributed by atoms with Crippen LogP contribution in [0.15, 0.2) is 53.0 Å². The highest BCUT2D eigenvalue weighted by Gasteiger charge is 2.10. The number of amides is 1. The summed E-state index contributed by atoms with van der Waals surface area (Å²) in [5.74, 6) is -0.175. The third-order valence-corrected chi connectivity index (χ3v) is 4.11. The molecule has 0 aliphatic heterocycles. The highest BCUT2D eigenvalue weighted by atomic mass is 79.9. The van der Waals surface area contributed by atoms with Crippen LogP contribution in [0.2, 0.25) is 0 Å². The third-order valence-electron chi connectivity index (χ3n) is 3.33. The van der Waals surface area contributed by atoms with Crippen LogP contribution in [0.3, 0.4) is 0 Å². The zero-order chi connectivity index (χ0) is 15.2. The van der Waals surface area contributed by atoms with E-state index in [2.05, 4.69) is 15.9 Å². The number of hydrogen-bond donors (Lipinski definition) is 0. The van der Waals surface area contributed by atoms with Crippen molar-refractivity contribution in [3.63, 3.8) is 0 Å². The summed E-state index contributed by atoms with van der Waals surface area (Å²) in [4.78, 5) is 13.8. The van der Waals surface area contributed by atoms with Crippen LogP contribution in [0.4, 0.5) is 4.39 Å². The van der Waals surface area contributed by atoms with Gasteiger partial charge >= 0.3 is 0 Å². The molecular formula is C17H17BrFNO. The minimum absolute atomic E-state index is 0.0788. The van der Waals surface area contributed by atoms with Crippen LogP contribution < -0.4 is 0 Å². The molecule has 0 saturated carbocycles. The number of nitrogens with zero attached hydrogens (tertiary/aromatic N) is 1. The summed E-state index contributed by atoms with van der Waals surface area (Å²) in [6, 6.07) is 14.1. The largest absolute Gasteiger partial charge is 0.341 e. The molecule has 4 heteroatoms. The highest BCUT2D eigenvalue weighted by Crippen LogP contribution is 2.17. The molecule has 110 valence electrons. The monoisotopic (exact) mass is 349 g/mol. The van der Waals surface area contributed by atoms with Gasteiger partial charge in [0.15, 0.2) is 0 Å². The molecule has 21 heavy (non-hydrogen) atoms. The molecule has 0 heterocycles. The zero-order valence-electron chi connectivity index (χ0n) is 11.9. The molecule has 0 N–H and O–H groups in total. The first-order valence-electron chi connectivity index (χ1n) is 6.78. The lowest BCUT2D eigenvalue weighted by atomic mass is 10.1. The number of carbonyl (C=O) groups excluding carboxylic acids is 1. The number of hydrogen-bond acceptors (Lipinski definition) is 1. The van der Waals surface area contributed by atoms with Gasteiger partial charge in [0.05, 0.1) is 0 Å². The molecule has 1 amide bonds. The second-order valence-corrected chi connectivity index (χ2v) is 5.82. The first-order valence-corrected chi connectivity index (χ1v) is 7.57. The fraction of sp³-hybridized carbons (Fsp3) is 0.235. The van der Waals surface area contributed by atoms with Crippen molar-refractivity contribution in [2.24, 2.45) is 0 Å². The molecule has 0 saturated heterocycles. The van der Waals surface area contributed by atoms with Crippen molar-refractivity contribution in [2.45, 2.75) is 19.4 Å². The number of aryl methyl sites for hydroxylation is 1. The maximum Gasteiger partial charge on any atom is 0.222 e. The van der Waals surface area contributed by atoms with E-state index in [0.717, 1.165) is 15.6 Å². The Hall–Kier alpha value is -1.68. The van der Waals surface area contributed by atoms with E-state index in [9.17, 15) is 9.18 Å². The fourth-order valence-corrected chi connectivity index (χ4v) is 2.47. The molecule has 0 fully saturated rings. The van der Waals surface area contributed by atoms with Gasteiger partial charge < -0.3 is 4.90 Å². The molecule has 0 unspecified atom stereocenters. The van der Waals surface area contributed by atoms with Gasteiger partial charge in [-0.05, 0) is 35.7 Å². The Labute approximate surface area is 132 Å². The van der Waals surface area contributed by atoms with Crippen LogP contribution in [-0.4, -0.2) is 17.9 Å². The van der Waals surface area contributed by atoms with E-state index in [-0.39, 0.29) is 11.7 Å². The maximum absolute atomic E-state index is 12.8. The van der Waals surface area contributed by atoms with Crippen molar-refractivity contribution in [2.75, 3.05) is 7.05 Å². The van der Waals surface area contributed by atoms with E-state index >= 15 is 0 Å². The van der Waals surface area contributed by atoms with Crippen LogP contribution >= 0.6 is 15.9 Å².